The number of carbonyl (C=O) groups excluding carboxylic acids is 2. The van der Waals surface area contributed by atoms with Crippen molar-refractivity contribution in [3.05, 3.63) is 57.6 Å². The number of morpholine rings is 1. The normalized spacial score (nSPS) is 14.3. The molecule has 1 saturated heterocycles. The van der Waals surface area contributed by atoms with E-state index in [1.165, 1.54) is 41.7 Å². The molecular weight excluding hydrogens is 470 g/mol. The maximum atomic E-state index is 13.0. The highest BCUT2D eigenvalue weighted by atomic mass is 32.2. The van der Waals surface area contributed by atoms with Crippen molar-refractivity contribution >= 4 is 33.3 Å². The van der Waals surface area contributed by atoms with Crippen molar-refractivity contribution < 1.29 is 37.1 Å². The van der Waals surface area contributed by atoms with Gasteiger partial charge in [0.1, 0.15) is 5.75 Å². The number of sulfonamides is 1. The smallest absolute Gasteiger partial charge is 0.338 e. The van der Waals surface area contributed by atoms with E-state index in [-0.39, 0.29) is 53.9 Å². The summed E-state index contributed by atoms with van der Waals surface area (Å²) in [6, 6.07) is 7.75. The quantitative estimate of drug-likeness (QED) is 0.329. The molecule has 1 aliphatic heterocycles. The molecule has 2 aromatic rings. The summed E-state index contributed by atoms with van der Waals surface area (Å²) < 4.78 is 42.5. The first kappa shape index (κ1) is 25.1. The van der Waals surface area contributed by atoms with Gasteiger partial charge in [0.2, 0.25) is 10.0 Å². The minimum atomic E-state index is -3.83. The van der Waals surface area contributed by atoms with Gasteiger partial charge in [0.05, 0.1) is 47.5 Å². The monoisotopic (exact) mass is 493 g/mol. The molecule has 0 radical (unpaired) electrons. The summed E-state index contributed by atoms with van der Waals surface area (Å²) in [7, 11) is -2.55. The van der Waals surface area contributed by atoms with Gasteiger partial charge in [-0.15, -0.1) is 0 Å². The van der Waals surface area contributed by atoms with Crippen LogP contribution >= 0.6 is 0 Å². The minimum absolute atomic E-state index is 0.0242. The van der Waals surface area contributed by atoms with Crippen LogP contribution in [0.4, 0.5) is 11.4 Å². The van der Waals surface area contributed by atoms with Gasteiger partial charge in [-0.3, -0.25) is 14.9 Å². The van der Waals surface area contributed by atoms with Crippen LogP contribution in [-0.4, -0.2) is 69.5 Å². The maximum absolute atomic E-state index is 13.0. The molecule has 0 atom stereocenters. The van der Waals surface area contributed by atoms with Gasteiger partial charge in [-0.05, 0) is 30.7 Å². The van der Waals surface area contributed by atoms with Crippen molar-refractivity contribution in [2.24, 2.45) is 0 Å². The number of nitrogens with one attached hydrogen (secondary N) is 1. The lowest BCUT2D eigenvalue weighted by atomic mass is 10.1. The molecule has 34 heavy (non-hydrogen) atoms. The number of carbonyl (C=O) groups is 2. The number of ether oxygens (including phenoxy) is 3. The average molecular weight is 493 g/mol. The Kier molecular flexibility index (Phi) is 7.81. The molecule has 1 heterocycles. The molecular formula is C21H23N3O9S. The zero-order valence-electron chi connectivity index (χ0n) is 18.5. The predicted octanol–water partition coefficient (Wildman–Crippen LogP) is 1.73. The first-order valence-corrected chi connectivity index (χ1v) is 11.6. The van der Waals surface area contributed by atoms with Crippen LogP contribution < -0.4 is 10.1 Å². The third-order valence-corrected chi connectivity index (χ3v) is 7.06. The number of benzene rings is 2. The molecule has 2 aromatic carbocycles. The Balaban J connectivity index is 1.68. The maximum Gasteiger partial charge on any atom is 0.338 e. The van der Waals surface area contributed by atoms with Crippen molar-refractivity contribution in [3.63, 3.8) is 0 Å². The number of hydrogen-bond acceptors (Lipinski definition) is 9. The Morgan fingerprint density at radius 3 is 2.53 bits per heavy atom. The van der Waals surface area contributed by atoms with E-state index < -0.39 is 33.4 Å². The molecule has 13 heteroatoms. The zero-order chi connectivity index (χ0) is 24.9. The Morgan fingerprint density at radius 2 is 1.88 bits per heavy atom. The van der Waals surface area contributed by atoms with Gasteiger partial charge in [0.25, 0.3) is 11.6 Å². The summed E-state index contributed by atoms with van der Waals surface area (Å²) in [6.07, 6.45) is 0. The third kappa shape index (κ3) is 5.68. The second-order valence-corrected chi connectivity index (χ2v) is 9.17. The number of aryl methyl sites for hydroxylation is 1. The summed E-state index contributed by atoms with van der Waals surface area (Å²) in [5.74, 6) is -1.54. The largest absolute Gasteiger partial charge is 0.494 e. The number of nitro benzene ring substituents is 1. The highest BCUT2D eigenvalue weighted by molar-refractivity contribution is 7.89. The van der Waals surface area contributed by atoms with Gasteiger partial charge in [-0.2, -0.15) is 4.31 Å². The molecule has 0 unspecified atom stereocenters. The molecule has 0 aromatic heterocycles. The molecule has 1 N–H and O–H groups in total. The first-order chi connectivity index (χ1) is 16.1. The van der Waals surface area contributed by atoms with Gasteiger partial charge in [-0.25, -0.2) is 13.2 Å². The van der Waals surface area contributed by atoms with Crippen molar-refractivity contribution in [1.29, 1.82) is 0 Å². The van der Waals surface area contributed by atoms with E-state index in [0.29, 0.717) is 5.56 Å². The molecule has 0 bridgehead atoms. The first-order valence-electron chi connectivity index (χ1n) is 10.1. The highest BCUT2D eigenvalue weighted by Crippen LogP contribution is 2.29. The minimum Gasteiger partial charge on any atom is -0.494 e. The fraction of sp³-hybridized carbons (Fsp3) is 0.333. The molecule has 182 valence electrons. The number of nitro groups is 1. The molecule has 1 aliphatic rings. The average Bonchev–Trinajstić information content (AvgIpc) is 2.83. The van der Waals surface area contributed by atoms with E-state index in [1.807, 2.05) is 0 Å². The fourth-order valence-corrected chi connectivity index (χ4v) is 4.89. The lowest BCUT2D eigenvalue weighted by Crippen LogP contribution is -2.40. The number of hydrogen-bond donors (Lipinski definition) is 1. The summed E-state index contributed by atoms with van der Waals surface area (Å²) in [5.41, 5.74) is 0.371. The van der Waals surface area contributed by atoms with E-state index >= 15 is 0 Å². The van der Waals surface area contributed by atoms with Crippen LogP contribution in [0.5, 0.6) is 5.75 Å². The third-order valence-electron chi connectivity index (χ3n) is 5.02. The number of anilines is 1. The van der Waals surface area contributed by atoms with Crippen LogP contribution in [0.15, 0.2) is 41.3 Å². The van der Waals surface area contributed by atoms with Crippen molar-refractivity contribution in [3.8, 4) is 5.75 Å². The SMILES string of the molecule is COc1cc([N+](=O)[O-])ccc1NC(=O)COC(=O)c1ccc(C)c(S(=O)(=O)N2CCOCC2)c1. The van der Waals surface area contributed by atoms with Gasteiger partial charge in [-0.1, -0.05) is 6.07 Å². The summed E-state index contributed by atoms with van der Waals surface area (Å²) >= 11 is 0. The van der Waals surface area contributed by atoms with Crippen molar-refractivity contribution in [2.75, 3.05) is 45.3 Å². The Morgan fingerprint density at radius 1 is 1.18 bits per heavy atom. The van der Waals surface area contributed by atoms with Crippen molar-refractivity contribution in [1.82, 2.24) is 4.31 Å². The topological polar surface area (TPSA) is 154 Å². The fourth-order valence-electron chi connectivity index (χ4n) is 3.23. The molecule has 0 spiro atoms. The van der Waals surface area contributed by atoms with E-state index in [9.17, 15) is 28.1 Å². The number of non-ortho nitro benzene ring substituents is 1. The lowest BCUT2D eigenvalue weighted by Gasteiger charge is -2.26. The molecule has 0 aliphatic carbocycles. The lowest BCUT2D eigenvalue weighted by molar-refractivity contribution is -0.384. The summed E-state index contributed by atoms with van der Waals surface area (Å²) in [5, 5.41) is 13.3. The van der Waals surface area contributed by atoms with Gasteiger partial charge >= 0.3 is 5.97 Å². The van der Waals surface area contributed by atoms with Crippen LogP contribution in [0, 0.1) is 17.0 Å². The van der Waals surface area contributed by atoms with Crippen molar-refractivity contribution in [2.45, 2.75) is 11.8 Å². The van der Waals surface area contributed by atoms with E-state index in [2.05, 4.69) is 5.32 Å². The molecule has 1 fully saturated rings. The zero-order valence-corrected chi connectivity index (χ0v) is 19.3. The predicted molar refractivity (Wildman–Crippen MR) is 119 cm³/mol. The van der Waals surface area contributed by atoms with E-state index in [0.717, 1.165) is 6.07 Å². The van der Waals surface area contributed by atoms with Crippen LogP contribution in [0.2, 0.25) is 0 Å². The molecule has 12 nitrogen and oxygen atoms in total. The van der Waals surface area contributed by atoms with Gasteiger partial charge in [0.15, 0.2) is 6.61 Å². The van der Waals surface area contributed by atoms with Crippen LogP contribution in [-0.2, 0) is 24.3 Å². The van der Waals surface area contributed by atoms with Gasteiger partial charge < -0.3 is 19.5 Å². The number of rotatable bonds is 8. The van der Waals surface area contributed by atoms with Crippen LogP contribution in [0.3, 0.4) is 0 Å². The summed E-state index contributed by atoms with van der Waals surface area (Å²) in [6.45, 7) is 1.95. The molecule has 1 amide bonds. The highest BCUT2D eigenvalue weighted by Gasteiger charge is 2.28. The van der Waals surface area contributed by atoms with Crippen LogP contribution in [0.1, 0.15) is 15.9 Å². The number of nitrogens with zero attached hydrogens (tertiary/aromatic N) is 2. The van der Waals surface area contributed by atoms with Crippen LogP contribution in [0.25, 0.3) is 0 Å². The molecule has 3 rings (SSSR count). The van der Waals surface area contributed by atoms with E-state index in [1.54, 1.807) is 6.92 Å². The number of esters is 1. The Bertz CT molecular complexity index is 1210. The Labute approximate surface area is 195 Å². The van der Waals surface area contributed by atoms with E-state index in [4.69, 9.17) is 14.2 Å². The Hall–Kier alpha value is -3.55. The second kappa shape index (κ2) is 10.6. The standard InChI is InChI=1S/C21H23N3O9S/c1-14-3-4-15(11-19(14)34(29,30)23-7-9-32-10-8-23)21(26)33-13-20(25)22-17-6-5-16(24(27)28)12-18(17)31-2/h3-6,11-12H,7-10,13H2,1-2H3,(H,22,25). The molecule has 0 saturated carbocycles. The second-order valence-electron chi connectivity index (χ2n) is 7.26. The summed E-state index contributed by atoms with van der Waals surface area (Å²) in [4.78, 5) is 35.0. The number of amides is 1. The van der Waals surface area contributed by atoms with Gasteiger partial charge in [0, 0.05) is 19.2 Å². The number of methoxy groups -OCH3 is 1.